The SMILES string of the molecule is CCNC(=NCC1(C)CCCO1)NCCCOCC1CCOC1. The summed E-state index contributed by atoms with van der Waals surface area (Å²) >= 11 is 0. The molecule has 2 fully saturated rings. The average Bonchev–Trinajstić information content (AvgIpc) is 3.20. The molecule has 0 spiro atoms. The highest BCUT2D eigenvalue weighted by Crippen LogP contribution is 2.24. The summed E-state index contributed by atoms with van der Waals surface area (Å²) in [5.74, 6) is 1.46. The van der Waals surface area contributed by atoms with Gasteiger partial charge in [-0.2, -0.15) is 0 Å². The molecule has 134 valence electrons. The van der Waals surface area contributed by atoms with Gasteiger partial charge in [0.2, 0.25) is 0 Å². The van der Waals surface area contributed by atoms with Crippen molar-refractivity contribution in [1.29, 1.82) is 0 Å². The van der Waals surface area contributed by atoms with Gasteiger partial charge in [-0.05, 0) is 39.5 Å². The maximum Gasteiger partial charge on any atom is 0.191 e. The summed E-state index contributed by atoms with van der Waals surface area (Å²) < 4.78 is 16.8. The van der Waals surface area contributed by atoms with E-state index in [0.29, 0.717) is 12.5 Å². The van der Waals surface area contributed by atoms with E-state index < -0.39 is 0 Å². The second kappa shape index (κ2) is 10.1. The van der Waals surface area contributed by atoms with Crippen LogP contribution in [0.4, 0.5) is 0 Å². The number of nitrogens with zero attached hydrogens (tertiary/aromatic N) is 1. The van der Waals surface area contributed by atoms with Crippen molar-refractivity contribution in [3.63, 3.8) is 0 Å². The van der Waals surface area contributed by atoms with Crippen molar-refractivity contribution in [2.24, 2.45) is 10.9 Å². The Labute approximate surface area is 140 Å². The van der Waals surface area contributed by atoms with E-state index in [2.05, 4.69) is 29.5 Å². The Hall–Kier alpha value is -0.850. The van der Waals surface area contributed by atoms with Gasteiger partial charge >= 0.3 is 0 Å². The lowest BCUT2D eigenvalue weighted by atomic mass is 10.0. The van der Waals surface area contributed by atoms with Crippen molar-refractivity contribution in [1.82, 2.24) is 10.6 Å². The van der Waals surface area contributed by atoms with Crippen LogP contribution in [0.3, 0.4) is 0 Å². The van der Waals surface area contributed by atoms with Gasteiger partial charge in [0.15, 0.2) is 5.96 Å². The van der Waals surface area contributed by atoms with Crippen LogP contribution in [0.2, 0.25) is 0 Å². The highest BCUT2D eigenvalue weighted by atomic mass is 16.5. The topological polar surface area (TPSA) is 64.1 Å². The van der Waals surface area contributed by atoms with Crippen LogP contribution in [0.15, 0.2) is 4.99 Å². The summed E-state index contributed by atoms with van der Waals surface area (Å²) in [6.07, 6.45) is 4.34. The first kappa shape index (κ1) is 18.5. The number of nitrogens with one attached hydrogen (secondary N) is 2. The molecule has 0 aromatic carbocycles. The van der Waals surface area contributed by atoms with Gasteiger partial charge in [0.05, 0.1) is 25.4 Å². The molecule has 0 aromatic heterocycles. The Morgan fingerprint density at radius 1 is 1.35 bits per heavy atom. The lowest BCUT2D eigenvalue weighted by Crippen LogP contribution is -2.39. The molecule has 2 rings (SSSR count). The fourth-order valence-electron chi connectivity index (χ4n) is 2.90. The van der Waals surface area contributed by atoms with Crippen molar-refractivity contribution >= 4 is 5.96 Å². The Balaban J connectivity index is 1.57. The summed E-state index contributed by atoms with van der Waals surface area (Å²) in [4.78, 5) is 4.66. The largest absolute Gasteiger partial charge is 0.381 e. The van der Waals surface area contributed by atoms with E-state index in [-0.39, 0.29) is 5.60 Å². The maximum atomic E-state index is 5.78. The van der Waals surface area contributed by atoms with Crippen molar-refractivity contribution in [3.8, 4) is 0 Å². The van der Waals surface area contributed by atoms with Crippen LogP contribution in [0.25, 0.3) is 0 Å². The van der Waals surface area contributed by atoms with E-state index in [0.717, 1.165) is 77.8 Å². The highest BCUT2D eigenvalue weighted by molar-refractivity contribution is 5.79. The fraction of sp³-hybridized carbons (Fsp3) is 0.941. The molecule has 0 aromatic rings. The zero-order valence-corrected chi connectivity index (χ0v) is 14.7. The Morgan fingerprint density at radius 2 is 2.26 bits per heavy atom. The Kier molecular flexibility index (Phi) is 8.12. The van der Waals surface area contributed by atoms with Crippen LogP contribution in [-0.2, 0) is 14.2 Å². The predicted molar refractivity (Wildman–Crippen MR) is 91.9 cm³/mol. The molecule has 2 atom stereocenters. The van der Waals surface area contributed by atoms with E-state index in [1.165, 1.54) is 0 Å². The molecule has 6 heteroatoms. The molecular formula is C17H33N3O3. The number of rotatable bonds is 9. The molecule has 2 heterocycles. The predicted octanol–water partition coefficient (Wildman–Crippen LogP) is 1.55. The van der Waals surface area contributed by atoms with Gasteiger partial charge in [0.1, 0.15) is 0 Å². The van der Waals surface area contributed by atoms with Gasteiger partial charge in [0, 0.05) is 38.8 Å². The molecular weight excluding hydrogens is 294 g/mol. The number of ether oxygens (including phenoxy) is 3. The number of guanidine groups is 1. The Morgan fingerprint density at radius 3 is 2.96 bits per heavy atom. The third-order valence-electron chi connectivity index (χ3n) is 4.35. The normalized spacial score (nSPS) is 28.3. The molecule has 2 aliphatic heterocycles. The molecule has 0 bridgehead atoms. The second-order valence-corrected chi connectivity index (χ2v) is 6.68. The minimum absolute atomic E-state index is 0.0885. The van der Waals surface area contributed by atoms with Gasteiger partial charge in [-0.25, -0.2) is 0 Å². The number of hydrogen-bond donors (Lipinski definition) is 2. The molecule has 0 saturated carbocycles. The quantitative estimate of drug-likeness (QED) is 0.382. The van der Waals surface area contributed by atoms with Crippen molar-refractivity contribution in [3.05, 3.63) is 0 Å². The minimum atomic E-state index is -0.0885. The third kappa shape index (κ3) is 7.06. The average molecular weight is 327 g/mol. The highest BCUT2D eigenvalue weighted by Gasteiger charge is 2.29. The monoisotopic (exact) mass is 327 g/mol. The summed E-state index contributed by atoms with van der Waals surface area (Å²) in [6.45, 7) is 10.9. The molecule has 0 amide bonds. The van der Waals surface area contributed by atoms with Gasteiger partial charge in [-0.3, -0.25) is 4.99 Å². The van der Waals surface area contributed by atoms with Crippen molar-refractivity contribution in [2.75, 3.05) is 52.7 Å². The number of aliphatic imine (C=N–C) groups is 1. The zero-order valence-electron chi connectivity index (χ0n) is 14.7. The summed E-state index contributed by atoms with van der Waals surface area (Å²) in [5, 5.41) is 6.65. The minimum Gasteiger partial charge on any atom is -0.381 e. The van der Waals surface area contributed by atoms with Gasteiger partial charge in [0.25, 0.3) is 0 Å². The lowest BCUT2D eigenvalue weighted by molar-refractivity contribution is 0.0283. The zero-order chi connectivity index (χ0) is 16.4. The van der Waals surface area contributed by atoms with Crippen LogP contribution < -0.4 is 10.6 Å². The molecule has 2 N–H and O–H groups in total. The first-order chi connectivity index (χ1) is 11.2. The van der Waals surface area contributed by atoms with E-state index in [9.17, 15) is 0 Å². The first-order valence-electron chi connectivity index (χ1n) is 9.03. The van der Waals surface area contributed by atoms with E-state index in [1.807, 2.05) is 0 Å². The molecule has 23 heavy (non-hydrogen) atoms. The van der Waals surface area contributed by atoms with Crippen molar-refractivity contribution < 1.29 is 14.2 Å². The molecule has 0 radical (unpaired) electrons. The summed E-state index contributed by atoms with van der Waals surface area (Å²) in [7, 11) is 0. The lowest BCUT2D eigenvalue weighted by Gasteiger charge is -2.21. The van der Waals surface area contributed by atoms with E-state index in [4.69, 9.17) is 14.2 Å². The third-order valence-corrected chi connectivity index (χ3v) is 4.35. The first-order valence-corrected chi connectivity index (χ1v) is 9.03. The molecule has 2 aliphatic rings. The number of hydrogen-bond acceptors (Lipinski definition) is 4. The van der Waals surface area contributed by atoms with Gasteiger partial charge in [-0.1, -0.05) is 0 Å². The fourth-order valence-corrected chi connectivity index (χ4v) is 2.90. The molecule has 0 aliphatic carbocycles. The smallest absolute Gasteiger partial charge is 0.191 e. The van der Waals surface area contributed by atoms with Gasteiger partial charge < -0.3 is 24.8 Å². The van der Waals surface area contributed by atoms with E-state index >= 15 is 0 Å². The Bertz CT molecular complexity index is 351. The van der Waals surface area contributed by atoms with Crippen LogP contribution in [0.5, 0.6) is 0 Å². The molecule has 2 saturated heterocycles. The van der Waals surface area contributed by atoms with Gasteiger partial charge in [-0.15, -0.1) is 0 Å². The van der Waals surface area contributed by atoms with Crippen LogP contribution in [0, 0.1) is 5.92 Å². The van der Waals surface area contributed by atoms with Crippen LogP contribution in [0.1, 0.15) is 39.5 Å². The summed E-state index contributed by atoms with van der Waals surface area (Å²) in [5.41, 5.74) is -0.0885. The molecule has 2 unspecified atom stereocenters. The van der Waals surface area contributed by atoms with E-state index in [1.54, 1.807) is 0 Å². The molecule has 6 nitrogen and oxygen atoms in total. The van der Waals surface area contributed by atoms with Crippen LogP contribution in [-0.4, -0.2) is 64.2 Å². The van der Waals surface area contributed by atoms with Crippen molar-refractivity contribution in [2.45, 2.75) is 45.1 Å². The maximum absolute atomic E-state index is 5.78. The van der Waals surface area contributed by atoms with Crippen LogP contribution >= 0.6 is 0 Å². The standard InChI is InChI=1S/C17H33N3O3/c1-3-18-16(20-14-17(2)7-4-10-23-17)19-8-5-9-21-12-15-6-11-22-13-15/h15H,3-14H2,1-2H3,(H2,18,19,20). The summed E-state index contributed by atoms with van der Waals surface area (Å²) in [6, 6.07) is 0. The second-order valence-electron chi connectivity index (χ2n) is 6.68.